The minimum Gasteiger partial charge on any atom is -0.462 e. The smallest absolute Gasteiger partial charge is 0.462 e. The Morgan fingerprint density at radius 3 is 0.676 bits per heavy atom. The van der Waals surface area contributed by atoms with Crippen molar-refractivity contribution < 1.29 is 80.2 Å². The van der Waals surface area contributed by atoms with Crippen LogP contribution in [-0.4, -0.2) is 96.7 Å². The lowest BCUT2D eigenvalue weighted by atomic mass is 9.99. The predicted octanol–water partition coefficient (Wildman–Crippen LogP) is 26.4. The number of aliphatic hydroxyl groups is 1. The van der Waals surface area contributed by atoms with Gasteiger partial charge < -0.3 is 33.8 Å². The number of carbonyl (C=O) groups excluding carboxylic acids is 4. The zero-order chi connectivity index (χ0) is 76.9. The number of hydrogen-bond acceptors (Lipinski definition) is 15. The molecule has 0 spiro atoms. The average Bonchev–Trinajstić information content (AvgIpc) is 1.03. The lowest BCUT2D eigenvalue weighted by Gasteiger charge is -2.21. The maximum atomic E-state index is 13.1. The van der Waals surface area contributed by atoms with E-state index in [1.165, 1.54) is 289 Å². The molecule has 0 amide bonds. The van der Waals surface area contributed by atoms with Crippen molar-refractivity contribution in [2.75, 3.05) is 39.6 Å². The van der Waals surface area contributed by atoms with Gasteiger partial charge in [0.2, 0.25) is 0 Å². The molecule has 17 nitrogen and oxygen atoms in total. The number of ether oxygens (including phenoxy) is 4. The molecule has 0 heterocycles. The molecule has 0 saturated heterocycles. The monoisotopic (exact) mass is 1540 g/mol. The van der Waals surface area contributed by atoms with Gasteiger partial charge in [0, 0.05) is 25.7 Å². The summed E-state index contributed by atoms with van der Waals surface area (Å²) in [4.78, 5) is 73.1. The first-order valence-electron chi connectivity index (χ1n) is 44.7. The molecule has 0 aliphatic heterocycles. The van der Waals surface area contributed by atoms with Gasteiger partial charge in [-0.05, 0) is 31.6 Å². The van der Waals surface area contributed by atoms with Crippen molar-refractivity contribution >= 4 is 39.5 Å². The molecule has 0 aliphatic carbocycles. The van der Waals surface area contributed by atoms with Crippen molar-refractivity contribution in [2.45, 2.75) is 483 Å². The molecule has 0 radical (unpaired) electrons. The van der Waals surface area contributed by atoms with Crippen LogP contribution in [0.3, 0.4) is 0 Å². The van der Waals surface area contributed by atoms with E-state index in [4.69, 9.17) is 37.0 Å². The van der Waals surface area contributed by atoms with Crippen LogP contribution >= 0.6 is 15.6 Å². The molecule has 0 fully saturated rings. The molecule has 0 saturated carbocycles. The molecule has 3 N–H and O–H groups in total. The van der Waals surface area contributed by atoms with Crippen LogP contribution in [0.4, 0.5) is 0 Å². The molecule has 6 atom stereocenters. The minimum atomic E-state index is -4.96. The Hall–Kier alpha value is -1.94. The summed E-state index contributed by atoms with van der Waals surface area (Å²) in [6.07, 6.45) is 72.3. The van der Waals surface area contributed by atoms with Crippen LogP contribution in [0.1, 0.15) is 465 Å². The van der Waals surface area contributed by atoms with Crippen LogP contribution in [0, 0.1) is 5.92 Å². The number of carbonyl (C=O) groups is 4. The highest BCUT2D eigenvalue weighted by atomic mass is 31.2. The summed E-state index contributed by atoms with van der Waals surface area (Å²) < 4.78 is 68.8. The largest absolute Gasteiger partial charge is 0.472 e. The van der Waals surface area contributed by atoms with Gasteiger partial charge in [0.15, 0.2) is 12.2 Å². The van der Waals surface area contributed by atoms with Crippen molar-refractivity contribution in [2.24, 2.45) is 5.92 Å². The van der Waals surface area contributed by atoms with Gasteiger partial charge in [-0.2, -0.15) is 0 Å². The molecule has 624 valence electrons. The summed E-state index contributed by atoms with van der Waals surface area (Å²) in [6, 6.07) is 0. The summed E-state index contributed by atoms with van der Waals surface area (Å²) >= 11 is 0. The van der Waals surface area contributed by atoms with Crippen LogP contribution in [0.5, 0.6) is 0 Å². The Morgan fingerprint density at radius 1 is 0.267 bits per heavy atom. The highest BCUT2D eigenvalue weighted by Crippen LogP contribution is 2.45. The summed E-state index contributed by atoms with van der Waals surface area (Å²) in [7, 11) is -9.92. The number of phosphoric acid groups is 2. The predicted molar refractivity (Wildman–Crippen MR) is 432 cm³/mol. The van der Waals surface area contributed by atoms with Gasteiger partial charge in [0.25, 0.3) is 0 Å². The van der Waals surface area contributed by atoms with Crippen LogP contribution in [0.25, 0.3) is 0 Å². The van der Waals surface area contributed by atoms with Crippen LogP contribution in [-0.2, 0) is 65.4 Å². The third kappa shape index (κ3) is 78.5. The van der Waals surface area contributed by atoms with E-state index < -0.39 is 97.5 Å². The molecule has 0 rings (SSSR count). The number of unbranched alkanes of at least 4 members (excludes halogenated alkanes) is 57. The van der Waals surface area contributed by atoms with Crippen molar-refractivity contribution in [1.29, 1.82) is 0 Å². The van der Waals surface area contributed by atoms with Crippen molar-refractivity contribution in [1.82, 2.24) is 0 Å². The van der Waals surface area contributed by atoms with E-state index in [1.807, 2.05) is 0 Å². The molecule has 0 aromatic carbocycles. The van der Waals surface area contributed by atoms with Gasteiger partial charge in [-0.15, -0.1) is 0 Å². The third-order valence-electron chi connectivity index (χ3n) is 20.6. The van der Waals surface area contributed by atoms with E-state index in [2.05, 4.69) is 34.6 Å². The molecule has 19 heteroatoms. The molecule has 0 bridgehead atoms. The Labute approximate surface area is 645 Å². The van der Waals surface area contributed by atoms with E-state index in [9.17, 15) is 43.2 Å². The van der Waals surface area contributed by atoms with Gasteiger partial charge in [0.1, 0.15) is 19.3 Å². The number of aliphatic hydroxyl groups excluding tert-OH is 1. The fourth-order valence-electron chi connectivity index (χ4n) is 13.4. The fraction of sp³-hybridized carbons (Fsp3) is 0.953. The Kier molecular flexibility index (Phi) is 77.3. The zero-order valence-electron chi connectivity index (χ0n) is 68.9. The second-order valence-corrected chi connectivity index (χ2v) is 34.1. The molecule has 0 aromatic rings. The Bertz CT molecular complexity index is 2000. The second kappa shape index (κ2) is 78.7. The van der Waals surface area contributed by atoms with Gasteiger partial charge in [-0.1, -0.05) is 413 Å². The summed E-state index contributed by atoms with van der Waals surface area (Å²) in [6.45, 7) is 7.41. The quantitative estimate of drug-likeness (QED) is 0.0222. The topological polar surface area (TPSA) is 237 Å². The van der Waals surface area contributed by atoms with Crippen molar-refractivity contribution in [3.8, 4) is 0 Å². The highest BCUT2D eigenvalue weighted by Gasteiger charge is 2.30. The van der Waals surface area contributed by atoms with Gasteiger partial charge in [-0.3, -0.25) is 37.3 Å². The molecule has 3 unspecified atom stereocenters. The number of hydrogen-bond donors (Lipinski definition) is 3. The molecule has 105 heavy (non-hydrogen) atoms. The first kappa shape index (κ1) is 103. The van der Waals surface area contributed by atoms with Crippen LogP contribution < -0.4 is 0 Å². The van der Waals surface area contributed by atoms with Gasteiger partial charge >= 0.3 is 39.5 Å². The van der Waals surface area contributed by atoms with Crippen LogP contribution in [0.15, 0.2) is 0 Å². The summed E-state index contributed by atoms with van der Waals surface area (Å²) in [5.74, 6) is -1.23. The first-order chi connectivity index (χ1) is 51.1. The Morgan fingerprint density at radius 2 is 0.457 bits per heavy atom. The van der Waals surface area contributed by atoms with E-state index in [0.717, 1.165) is 95.8 Å². The lowest BCUT2D eigenvalue weighted by Crippen LogP contribution is -2.30. The number of phosphoric ester groups is 2. The van der Waals surface area contributed by atoms with E-state index in [0.29, 0.717) is 25.7 Å². The van der Waals surface area contributed by atoms with E-state index in [-0.39, 0.29) is 25.7 Å². The Balaban J connectivity index is 5.17. The molecular formula is C86H168O17P2. The lowest BCUT2D eigenvalue weighted by molar-refractivity contribution is -0.161. The second-order valence-electron chi connectivity index (χ2n) is 31.2. The number of rotatable bonds is 86. The maximum absolute atomic E-state index is 13.1. The number of esters is 4. The van der Waals surface area contributed by atoms with Crippen molar-refractivity contribution in [3.05, 3.63) is 0 Å². The first-order valence-corrected chi connectivity index (χ1v) is 47.7. The fourth-order valence-corrected chi connectivity index (χ4v) is 15.0. The highest BCUT2D eigenvalue weighted by molar-refractivity contribution is 7.47. The average molecular weight is 1540 g/mol. The minimum absolute atomic E-state index is 0.108. The van der Waals surface area contributed by atoms with Crippen LogP contribution in [0.2, 0.25) is 0 Å². The zero-order valence-corrected chi connectivity index (χ0v) is 70.7. The normalized spacial score (nSPS) is 14.0. The summed E-state index contributed by atoms with van der Waals surface area (Å²) in [5.41, 5.74) is 0. The SMILES string of the molecule is CCCCCCCCCCCCCCCCCCCCCCCCC(=O)OC[C@H](COP(=O)(O)OC[C@@H](O)COP(=O)(O)OC[C@@H](COC(=O)CCCCCCCCCCCC)OC(=O)CCCCCCCCCCCCC)OC(=O)CCCCCCCCCCCCCCCCCCCCC(C)CC. The molecular weight excluding hydrogens is 1370 g/mol. The summed E-state index contributed by atoms with van der Waals surface area (Å²) in [5, 5.41) is 10.7. The van der Waals surface area contributed by atoms with Crippen molar-refractivity contribution in [3.63, 3.8) is 0 Å². The third-order valence-corrected chi connectivity index (χ3v) is 22.5. The van der Waals surface area contributed by atoms with Gasteiger partial charge in [-0.25, -0.2) is 9.13 Å². The standard InChI is InChI=1S/C86H168O17P2/c1-6-10-13-16-19-22-25-26-27-28-29-30-31-32-36-39-42-46-50-55-60-65-70-84(89)97-76-82(103-86(91)72-67-62-57-52-47-43-40-37-34-33-35-38-41-45-48-53-58-63-68-79(5)9-4)78-101-105(94,95)99-74-80(87)73-98-104(92,93)100-77-81(75-96-83(88)69-64-59-54-49-24-21-18-15-12-8-3)102-85(90)71-66-61-56-51-44-23-20-17-14-11-7-2/h79-82,87H,6-78H2,1-5H3,(H,92,93)(H,94,95)/t79?,80-,81+,82+/m0/s1. The van der Waals surface area contributed by atoms with E-state index >= 15 is 0 Å². The van der Waals surface area contributed by atoms with Gasteiger partial charge in [0.05, 0.1) is 26.4 Å². The van der Waals surface area contributed by atoms with E-state index in [1.54, 1.807) is 0 Å². The molecule has 0 aliphatic rings. The molecule has 0 aromatic heterocycles. The maximum Gasteiger partial charge on any atom is 0.472 e.